The molecule has 0 aliphatic heterocycles. The van der Waals surface area contributed by atoms with Gasteiger partial charge in [0.15, 0.2) is 0 Å². The summed E-state index contributed by atoms with van der Waals surface area (Å²) in [7, 11) is 1.47. The number of halogens is 3. The van der Waals surface area contributed by atoms with Gasteiger partial charge in [0.05, 0.1) is 25.0 Å². The van der Waals surface area contributed by atoms with E-state index in [-0.39, 0.29) is 37.8 Å². The molecular weight excluding hydrogens is 475 g/mol. The van der Waals surface area contributed by atoms with Gasteiger partial charge < -0.3 is 24.3 Å². The van der Waals surface area contributed by atoms with E-state index in [1.165, 1.54) is 30.4 Å². The molecule has 2 aromatic carbocycles. The lowest BCUT2D eigenvalue weighted by atomic mass is 10.1. The summed E-state index contributed by atoms with van der Waals surface area (Å²) in [4.78, 5) is 29.0. The number of benzene rings is 2. The number of urea groups is 1. The number of ether oxygens (including phenoxy) is 1. The van der Waals surface area contributed by atoms with Crippen LogP contribution in [0.25, 0.3) is 0 Å². The van der Waals surface area contributed by atoms with E-state index >= 15 is 0 Å². The summed E-state index contributed by atoms with van der Waals surface area (Å²) in [5.74, 6) is 0.301. The van der Waals surface area contributed by atoms with Crippen molar-refractivity contribution in [3.63, 3.8) is 0 Å². The number of carbonyl (C=O) groups excluding carboxylic acids is 2. The number of rotatable bonds is 11. The molecule has 0 unspecified atom stereocenters. The topological polar surface area (TPSA) is 75.0 Å². The van der Waals surface area contributed by atoms with Gasteiger partial charge in [-0.2, -0.15) is 13.2 Å². The second-order valence-electron chi connectivity index (χ2n) is 8.05. The smallest absolute Gasteiger partial charge is 0.416 e. The van der Waals surface area contributed by atoms with Crippen molar-refractivity contribution < 1.29 is 31.9 Å². The summed E-state index contributed by atoms with van der Waals surface area (Å²) in [6.07, 6.45) is -2.34. The van der Waals surface area contributed by atoms with Crippen LogP contribution in [0.2, 0.25) is 0 Å². The minimum absolute atomic E-state index is 0.113. The van der Waals surface area contributed by atoms with Crippen LogP contribution in [0.1, 0.15) is 16.9 Å². The first-order valence-electron chi connectivity index (χ1n) is 11.3. The Labute approximate surface area is 207 Å². The zero-order valence-corrected chi connectivity index (χ0v) is 19.8. The molecular formula is C26H28F3N3O4. The summed E-state index contributed by atoms with van der Waals surface area (Å²) in [5, 5.41) is 2.55. The Balaban J connectivity index is 1.69. The Bertz CT molecular complexity index is 1090. The number of amides is 3. The van der Waals surface area contributed by atoms with E-state index < -0.39 is 17.8 Å². The third-order valence-electron chi connectivity index (χ3n) is 5.43. The van der Waals surface area contributed by atoms with Crippen molar-refractivity contribution in [2.24, 2.45) is 0 Å². The van der Waals surface area contributed by atoms with E-state index in [0.29, 0.717) is 18.7 Å². The molecule has 0 fully saturated rings. The number of hydrogen-bond acceptors (Lipinski definition) is 4. The van der Waals surface area contributed by atoms with Crippen LogP contribution in [0.3, 0.4) is 0 Å². The minimum Gasteiger partial charge on any atom is -0.467 e. The quantitative estimate of drug-likeness (QED) is 0.397. The summed E-state index contributed by atoms with van der Waals surface area (Å²) in [6, 6.07) is 16.7. The molecule has 0 radical (unpaired) electrons. The van der Waals surface area contributed by atoms with Crippen LogP contribution in [0.4, 0.5) is 23.7 Å². The molecule has 0 spiro atoms. The van der Waals surface area contributed by atoms with Gasteiger partial charge in [-0.1, -0.05) is 30.3 Å². The number of nitrogens with one attached hydrogen (secondary N) is 1. The molecule has 1 N–H and O–H groups in total. The van der Waals surface area contributed by atoms with Gasteiger partial charge in [-0.3, -0.25) is 4.79 Å². The highest BCUT2D eigenvalue weighted by Gasteiger charge is 2.30. The van der Waals surface area contributed by atoms with Crippen molar-refractivity contribution in [3.05, 3.63) is 89.9 Å². The average Bonchev–Trinajstić information content (AvgIpc) is 3.37. The van der Waals surface area contributed by atoms with Gasteiger partial charge in [0, 0.05) is 25.9 Å². The fraction of sp³-hybridized carbons (Fsp3) is 0.308. The second-order valence-corrected chi connectivity index (χ2v) is 8.05. The maximum absolute atomic E-state index is 13.3. The number of anilines is 1. The van der Waals surface area contributed by atoms with Crippen LogP contribution in [-0.2, 0) is 28.7 Å². The highest BCUT2D eigenvalue weighted by molar-refractivity contribution is 5.92. The highest BCUT2D eigenvalue weighted by atomic mass is 19.4. The molecule has 0 aliphatic carbocycles. The Hall–Kier alpha value is -3.79. The monoisotopic (exact) mass is 503 g/mol. The number of furan rings is 1. The summed E-state index contributed by atoms with van der Waals surface area (Å²) in [5.41, 5.74) is 0.421. The van der Waals surface area contributed by atoms with Gasteiger partial charge >= 0.3 is 12.2 Å². The lowest BCUT2D eigenvalue weighted by Crippen LogP contribution is -2.46. The lowest BCUT2D eigenvalue weighted by molar-refractivity contribution is -0.137. The first-order chi connectivity index (χ1) is 17.3. The molecule has 0 aliphatic rings. The van der Waals surface area contributed by atoms with E-state index in [0.717, 1.165) is 17.7 Å². The molecule has 0 saturated carbocycles. The van der Waals surface area contributed by atoms with Crippen LogP contribution in [0, 0.1) is 0 Å². The number of methoxy groups -OCH3 is 1. The second kappa shape index (κ2) is 12.8. The van der Waals surface area contributed by atoms with Gasteiger partial charge in [0.2, 0.25) is 5.91 Å². The third-order valence-corrected chi connectivity index (χ3v) is 5.43. The molecule has 3 rings (SSSR count). The summed E-state index contributed by atoms with van der Waals surface area (Å²) >= 11 is 0. The number of nitrogens with zero attached hydrogens (tertiary/aromatic N) is 2. The fourth-order valence-corrected chi connectivity index (χ4v) is 3.45. The molecule has 3 aromatic rings. The zero-order valence-electron chi connectivity index (χ0n) is 19.8. The lowest BCUT2D eigenvalue weighted by Gasteiger charge is -2.27. The average molecular weight is 504 g/mol. The number of hydrogen-bond donors (Lipinski definition) is 1. The highest BCUT2D eigenvalue weighted by Crippen LogP contribution is 2.29. The van der Waals surface area contributed by atoms with Crippen LogP contribution in [0.15, 0.2) is 77.4 Å². The molecule has 3 amide bonds. The largest absolute Gasteiger partial charge is 0.467 e. The summed E-state index contributed by atoms with van der Waals surface area (Å²) in [6.45, 7) is 0.683. The van der Waals surface area contributed by atoms with Gasteiger partial charge in [-0.25, -0.2) is 4.79 Å². The number of carbonyl (C=O) groups is 2. The Morgan fingerprint density at radius 1 is 0.944 bits per heavy atom. The SMILES string of the molecule is COCCN(CC(=O)N(CCc1ccccc1)Cc1ccco1)C(=O)Nc1ccc(C(F)(F)F)cc1. The van der Waals surface area contributed by atoms with Gasteiger partial charge in [-0.15, -0.1) is 0 Å². The molecule has 192 valence electrons. The number of alkyl halides is 3. The molecule has 10 heteroatoms. The van der Waals surface area contributed by atoms with E-state index in [2.05, 4.69) is 5.32 Å². The Morgan fingerprint density at radius 3 is 2.28 bits per heavy atom. The minimum atomic E-state index is -4.48. The van der Waals surface area contributed by atoms with Crippen molar-refractivity contribution in [1.29, 1.82) is 0 Å². The normalized spacial score (nSPS) is 11.2. The molecule has 7 nitrogen and oxygen atoms in total. The van der Waals surface area contributed by atoms with E-state index in [9.17, 15) is 22.8 Å². The fourth-order valence-electron chi connectivity index (χ4n) is 3.45. The predicted octanol–water partition coefficient (Wildman–Crippen LogP) is 5.05. The van der Waals surface area contributed by atoms with E-state index in [4.69, 9.17) is 9.15 Å². The van der Waals surface area contributed by atoms with Crippen LogP contribution in [0.5, 0.6) is 0 Å². The third kappa shape index (κ3) is 8.16. The zero-order chi connectivity index (χ0) is 26.0. The first-order valence-corrected chi connectivity index (χ1v) is 11.3. The molecule has 0 saturated heterocycles. The van der Waals surface area contributed by atoms with Crippen molar-refractivity contribution >= 4 is 17.6 Å². The van der Waals surface area contributed by atoms with Crippen LogP contribution in [-0.4, -0.2) is 55.1 Å². The maximum atomic E-state index is 13.3. The summed E-state index contributed by atoms with van der Waals surface area (Å²) < 4.78 is 48.9. The Kier molecular flexibility index (Phi) is 9.52. The molecule has 0 bridgehead atoms. The van der Waals surface area contributed by atoms with Crippen LogP contribution < -0.4 is 5.32 Å². The van der Waals surface area contributed by atoms with Crippen molar-refractivity contribution in [2.75, 3.05) is 38.7 Å². The molecule has 1 heterocycles. The first kappa shape index (κ1) is 26.8. The van der Waals surface area contributed by atoms with Crippen molar-refractivity contribution in [1.82, 2.24) is 9.80 Å². The van der Waals surface area contributed by atoms with Gasteiger partial charge in [0.1, 0.15) is 12.3 Å². The predicted molar refractivity (Wildman–Crippen MR) is 128 cm³/mol. The molecule has 1 aromatic heterocycles. The van der Waals surface area contributed by atoms with E-state index in [1.807, 2.05) is 30.3 Å². The standard InChI is InChI=1S/C26H28F3N3O4/c1-35-17-15-32(25(34)30-22-11-9-21(10-12-22)26(27,28)29)19-24(33)31(18-23-8-5-16-36-23)14-13-20-6-3-2-4-7-20/h2-12,16H,13-15,17-19H2,1H3,(H,30,34). The van der Waals surface area contributed by atoms with Gasteiger partial charge in [0.25, 0.3) is 0 Å². The van der Waals surface area contributed by atoms with Crippen molar-refractivity contribution in [3.8, 4) is 0 Å². The van der Waals surface area contributed by atoms with Crippen molar-refractivity contribution in [2.45, 2.75) is 19.1 Å². The molecule has 36 heavy (non-hydrogen) atoms. The Morgan fingerprint density at radius 2 is 1.67 bits per heavy atom. The van der Waals surface area contributed by atoms with E-state index in [1.54, 1.807) is 17.0 Å². The van der Waals surface area contributed by atoms with Crippen LogP contribution >= 0.6 is 0 Å². The van der Waals surface area contributed by atoms with Gasteiger partial charge in [-0.05, 0) is 48.4 Å². The molecule has 0 atom stereocenters. The maximum Gasteiger partial charge on any atom is 0.416 e.